The zero-order valence-electron chi connectivity index (χ0n) is 20.4. The van der Waals surface area contributed by atoms with E-state index in [-0.39, 0.29) is 41.2 Å². The summed E-state index contributed by atoms with van der Waals surface area (Å²) in [4.78, 5) is 28.9. The summed E-state index contributed by atoms with van der Waals surface area (Å²) in [6.45, 7) is 0.636. The molecule has 0 bridgehead atoms. The Morgan fingerprint density at radius 2 is 1.97 bits per heavy atom. The predicted octanol–water partition coefficient (Wildman–Crippen LogP) is 4.22. The van der Waals surface area contributed by atoms with Gasteiger partial charge in [0.25, 0.3) is 11.1 Å². The lowest BCUT2D eigenvalue weighted by molar-refractivity contribution is -0.138. The van der Waals surface area contributed by atoms with Crippen molar-refractivity contribution in [2.24, 2.45) is 0 Å². The lowest BCUT2D eigenvalue weighted by Crippen LogP contribution is -2.43. The molecule has 206 valence electrons. The smallest absolute Gasteiger partial charge is 0.395 e. The second-order valence-electron chi connectivity index (χ2n) is 9.47. The summed E-state index contributed by atoms with van der Waals surface area (Å²) in [5.74, 6) is -0.437. The number of aliphatic hydroxyl groups excluding tert-OH is 2. The van der Waals surface area contributed by atoms with Crippen LogP contribution in [0.1, 0.15) is 23.1 Å². The van der Waals surface area contributed by atoms with E-state index in [1.165, 1.54) is 23.0 Å². The number of imide groups is 1. The first-order valence-electron chi connectivity index (χ1n) is 12.1. The van der Waals surface area contributed by atoms with E-state index in [4.69, 9.17) is 11.6 Å². The number of alkyl halides is 3. The van der Waals surface area contributed by atoms with Crippen molar-refractivity contribution in [2.75, 3.05) is 26.2 Å². The maximum absolute atomic E-state index is 13.5. The topological polar surface area (TPSA) is 98.9 Å². The van der Waals surface area contributed by atoms with E-state index in [0.717, 1.165) is 22.7 Å². The number of β-amino-alcohol motifs (C(OH)–C–C–N with tert-alkyl or cyclic N) is 2. The maximum atomic E-state index is 13.5. The molecule has 2 aliphatic rings. The van der Waals surface area contributed by atoms with E-state index >= 15 is 0 Å². The molecule has 39 heavy (non-hydrogen) atoms. The summed E-state index contributed by atoms with van der Waals surface area (Å²) < 4.78 is 42.0. The number of likely N-dealkylation sites (tertiary alicyclic amines) is 1. The summed E-state index contributed by atoms with van der Waals surface area (Å²) in [6, 6.07) is 8.55. The second-order valence-corrected chi connectivity index (χ2v) is 10.9. The van der Waals surface area contributed by atoms with E-state index < -0.39 is 29.0 Å². The number of aromatic nitrogens is 2. The first-order valence-corrected chi connectivity index (χ1v) is 13.3. The molecule has 0 aliphatic carbocycles. The molecule has 2 saturated heterocycles. The standard InChI is InChI=1S/C26H24ClF3N4O4S/c27-18-3-2-16(21(9-18)26(28,29)30)12-34-22-4-1-15(7-17(22)11-31-34)8-23-24(37)33(25(38)39-23)13-19-10-20(36)14-32(19)5-6-35/h1-4,7-9,11,19-20,35-36H,5-6,10,12-14H2/b23-8-/t19-,20+/m0/s1. The molecule has 2 fully saturated rings. The molecule has 0 saturated carbocycles. The quantitative estimate of drug-likeness (QED) is 0.404. The number of hydrogen-bond acceptors (Lipinski definition) is 7. The lowest BCUT2D eigenvalue weighted by atomic mass is 10.1. The van der Waals surface area contributed by atoms with Crippen molar-refractivity contribution in [3.05, 3.63) is 69.2 Å². The van der Waals surface area contributed by atoms with Crippen LogP contribution in [0.4, 0.5) is 18.0 Å². The fourth-order valence-corrected chi connectivity index (χ4v) is 6.02. The van der Waals surface area contributed by atoms with Gasteiger partial charge in [0.05, 0.1) is 41.4 Å². The van der Waals surface area contributed by atoms with Gasteiger partial charge in [0.15, 0.2) is 0 Å². The number of carbonyl (C=O) groups is 2. The molecule has 3 aromatic rings. The normalized spacial score (nSPS) is 21.7. The molecule has 2 aromatic carbocycles. The Morgan fingerprint density at radius 3 is 2.72 bits per heavy atom. The van der Waals surface area contributed by atoms with Crippen LogP contribution in [0.5, 0.6) is 0 Å². The van der Waals surface area contributed by atoms with Crippen LogP contribution in [0.2, 0.25) is 5.02 Å². The Morgan fingerprint density at radius 1 is 1.18 bits per heavy atom. The van der Waals surface area contributed by atoms with Gasteiger partial charge in [-0.25, -0.2) is 0 Å². The monoisotopic (exact) mass is 580 g/mol. The van der Waals surface area contributed by atoms with Gasteiger partial charge in [0, 0.05) is 36.1 Å². The predicted molar refractivity (Wildman–Crippen MR) is 141 cm³/mol. The molecule has 2 atom stereocenters. The molecule has 0 radical (unpaired) electrons. The molecular weight excluding hydrogens is 557 g/mol. The number of nitrogens with zero attached hydrogens (tertiary/aromatic N) is 4. The summed E-state index contributed by atoms with van der Waals surface area (Å²) >= 11 is 6.61. The minimum absolute atomic E-state index is 0.00576. The number of aliphatic hydroxyl groups is 2. The fraction of sp³-hybridized carbons (Fsp3) is 0.346. The van der Waals surface area contributed by atoms with Gasteiger partial charge in [0.1, 0.15) is 0 Å². The number of benzene rings is 2. The molecule has 2 N–H and O–H groups in total. The highest BCUT2D eigenvalue weighted by atomic mass is 35.5. The van der Waals surface area contributed by atoms with E-state index in [9.17, 15) is 33.0 Å². The average molecular weight is 581 g/mol. The van der Waals surface area contributed by atoms with E-state index in [1.807, 2.05) is 4.90 Å². The number of fused-ring (bicyclic) bond motifs is 1. The molecule has 1 aromatic heterocycles. The van der Waals surface area contributed by atoms with Gasteiger partial charge in [-0.05, 0) is 59.7 Å². The Labute approximate surface area is 230 Å². The Bertz CT molecular complexity index is 1460. The van der Waals surface area contributed by atoms with E-state index in [2.05, 4.69) is 5.10 Å². The van der Waals surface area contributed by atoms with Crippen LogP contribution in [-0.4, -0.2) is 79.3 Å². The van der Waals surface area contributed by atoms with Crippen molar-refractivity contribution in [1.82, 2.24) is 19.6 Å². The van der Waals surface area contributed by atoms with Crippen LogP contribution >= 0.6 is 23.4 Å². The molecule has 5 rings (SSSR count). The SMILES string of the molecule is O=C1S/C(=C\c2ccc3c(cnn3Cc3ccc(Cl)cc3C(F)(F)F)c2)C(=O)N1C[C@@H]1C[C@@H](O)CN1CCO. The molecule has 8 nitrogen and oxygen atoms in total. The maximum Gasteiger partial charge on any atom is 0.416 e. The minimum atomic E-state index is -4.56. The fourth-order valence-electron chi connectivity index (χ4n) is 5.00. The van der Waals surface area contributed by atoms with Crippen molar-refractivity contribution in [3.63, 3.8) is 0 Å². The largest absolute Gasteiger partial charge is 0.416 e. The number of rotatable bonds is 7. The van der Waals surface area contributed by atoms with Crippen molar-refractivity contribution in [2.45, 2.75) is 31.3 Å². The first-order chi connectivity index (χ1) is 18.5. The van der Waals surface area contributed by atoms with Crippen molar-refractivity contribution < 1.29 is 33.0 Å². The van der Waals surface area contributed by atoms with Gasteiger partial charge in [-0.1, -0.05) is 23.7 Å². The second kappa shape index (κ2) is 10.9. The molecule has 0 spiro atoms. The van der Waals surface area contributed by atoms with Gasteiger partial charge in [-0.3, -0.25) is 24.1 Å². The highest BCUT2D eigenvalue weighted by molar-refractivity contribution is 8.18. The van der Waals surface area contributed by atoms with Crippen LogP contribution in [0.25, 0.3) is 17.0 Å². The number of halogens is 4. The van der Waals surface area contributed by atoms with E-state index in [1.54, 1.807) is 24.3 Å². The zero-order chi connectivity index (χ0) is 27.9. The number of hydrogen-bond donors (Lipinski definition) is 2. The van der Waals surface area contributed by atoms with Crippen LogP contribution in [0.15, 0.2) is 47.5 Å². The van der Waals surface area contributed by atoms with Crippen molar-refractivity contribution in [3.8, 4) is 0 Å². The van der Waals surface area contributed by atoms with Gasteiger partial charge >= 0.3 is 6.18 Å². The minimum Gasteiger partial charge on any atom is -0.395 e. The van der Waals surface area contributed by atoms with Gasteiger partial charge in [-0.2, -0.15) is 18.3 Å². The summed E-state index contributed by atoms with van der Waals surface area (Å²) in [6.07, 6.45) is -1.61. The van der Waals surface area contributed by atoms with Crippen molar-refractivity contribution in [1.29, 1.82) is 0 Å². The van der Waals surface area contributed by atoms with Gasteiger partial charge in [0.2, 0.25) is 0 Å². The molecule has 3 heterocycles. The molecule has 0 unspecified atom stereocenters. The summed E-state index contributed by atoms with van der Waals surface area (Å²) in [5, 5.41) is 23.8. The van der Waals surface area contributed by atoms with Gasteiger partial charge in [-0.15, -0.1) is 0 Å². The molecule has 2 aliphatic heterocycles. The van der Waals surface area contributed by atoms with Crippen molar-refractivity contribution >= 4 is 51.5 Å². The highest BCUT2D eigenvalue weighted by Crippen LogP contribution is 2.36. The van der Waals surface area contributed by atoms with Crippen LogP contribution < -0.4 is 0 Å². The van der Waals surface area contributed by atoms with E-state index in [0.29, 0.717) is 36.0 Å². The summed E-state index contributed by atoms with van der Waals surface area (Å²) in [5.41, 5.74) is 0.444. The van der Waals surface area contributed by atoms with Crippen LogP contribution in [0.3, 0.4) is 0 Å². The lowest BCUT2D eigenvalue weighted by Gasteiger charge is -2.26. The number of carbonyl (C=O) groups excluding carboxylic acids is 2. The Kier molecular flexibility index (Phi) is 7.75. The first kappa shape index (κ1) is 27.7. The third-order valence-electron chi connectivity index (χ3n) is 6.82. The molecular formula is C26H24ClF3N4O4S. The molecule has 13 heteroatoms. The van der Waals surface area contributed by atoms with Gasteiger partial charge < -0.3 is 10.2 Å². The zero-order valence-corrected chi connectivity index (χ0v) is 22.0. The average Bonchev–Trinajstić information content (AvgIpc) is 3.51. The summed E-state index contributed by atoms with van der Waals surface area (Å²) in [7, 11) is 0. The Hall–Kier alpha value is -2.90. The Balaban J connectivity index is 1.34. The number of thioether (sulfide) groups is 1. The third kappa shape index (κ3) is 5.85. The van der Waals surface area contributed by atoms with Crippen LogP contribution in [-0.2, 0) is 17.5 Å². The highest BCUT2D eigenvalue weighted by Gasteiger charge is 2.40. The molecule has 2 amide bonds. The van der Waals surface area contributed by atoms with Crippen LogP contribution in [0, 0.1) is 0 Å². The number of amides is 2. The third-order valence-corrected chi connectivity index (χ3v) is 7.96.